The molecule has 0 bridgehead atoms. The molecule has 1 atom stereocenters. The van der Waals surface area contributed by atoms with E-state index in [1.807, 2.05) is 42.2 Å². The van der Waals surface area contributed by atoms with Crippen LogP contribution in [0.5, 0.6) is 5.75 Å². The van der Waals surface area contributed by atoms with Crippen LogP contribution in [0.15, 0.2) is 41.8 Å². The van der Waals surface area contributed by atoms with Crippen LogP contribution in [0.4, 0.5) is 0 Å². The molecule has 0 fully saturated rings. The normalized spacial score (nSPS) is 15.5. The van der Waals surface area contributed by atoms with Gasteiger partial charge in [0.05, 0.1) is 12.6 Å². The Morgan fingerprint density at radius 3 is 2.77 bits per heavy atom. The second-order valence-corrected chi connectivity index (χ2v) is 8.29. The number of fused-ring (bicyclic) bond motifs is 1. The lowest BCUT2D eigenvalue weighted by Crippen LogP contribution is -2.48. The highest BCUT2D eigenvalue weighted by atomic mass is 32.1. The summed E-state index contributed by atoms with van der Waals surface area (Å²) in [6.45, 7) is 4.04. The maximum atomic E-state index is 13.3. The van der Waals surface area contributed by atoms with Crippen LogP contribution >= 0.6 is 11.3 Å². The molecule has 1 aliphatic rings. The minimum Gasteiger partial charge on any atom is -0.491 e. The van der Waals surface area contributed by atoms with Gasteiger partial charge in [0, 0.05) is 38.1 Å². The Balaban J connectivity index is 1.72. The molecule has 2 aromatic rings. The SMILES string of the molecule is CCC(=O)N(CCCOC)CC(=O)N1CCc2sccc2C1COc1ccccc1. The van der Waals surface area contributed by atoms with Gasteiger partial charge >= 0.3 is 0 Å². The third-order valence-corrected chi connectivity index (χ3v) is 6.32. The van der Waals surface area contributed by atoms with Crippen molar-refractivity contribution >= 4 is 23.2 Å². The topological polar surface area (TPSA) is 59.1 Å². The number of thiophene rings is 1. The number of nitrogens with zero attached hydrogens (tertiary/aromatic N) is 2. The summed E-state index contributed by atoms with van der Waals surface area (Å²) in [5.74, 6) is 0.743. The molecule has 1 aliphatic heterocycles. The predicted octanol–water partition coefficient (Wildman–Crippen LogP) is 3.53. The quantitative estimate of drug-likeness (QED) is 0.541. The van der Waals surface area contributed by atoms with Crippen LogP contribution in [0.3, 0.4) is 0 Å². The van der Waals surface area contributed by atoms with Crippen LogP contribution in [0.25, 0.3) is 0 Å². The molecule has 7 heteroatoms. The van der Waals surface area contributed by atoms with Gasteiger partial charge in [-0.05, 0) is 42.0 Å². The maximum Gasteiger partial charge on any atom is 0.242 e. The fourth-order valence-electron chi connectivity index (χ4n) is 3.74. The number of methoxy groups -OCH3 is 1. The maximum absolute atomic E-state index is 13.3. The number of rotatable bonds is 10. The van der Waals surface area contributed by atoms with E-state index in [4.69, 9.17) is 9.47 Å². The third kappa shape index (κ3) is 5.61. The van der Waals surface area contributed by atoms with E-state index in [0.29, 0.717) is 39.1 Å². The lowest BCUT2D eigenvalue weighted by molar-refractivity contribution is -0.142. The summed E-state index contributed by atoms with van der Waals surface area (Å²) in [4.78, 5) is 30.5. The predicted molar refractivity (Wildman–Crippen MR) is 118 cm³/mol. The Kier molecular flexibility index (Phi) is 8.28. The van der Waals surface area contributed by atoms with Crippen molar-refractivity contribution in [2.75, 3.05) is 40.0 Å². The van der Waals surface area contributed by atoms with Gasteiger partial charge < -0.3 is 19.3 Å². The Morgan fingerprint density at radius 1 is 1.23 bits per heavy atom. The van der Waals surface area contributed by atoms with Crippen LogP contribution in [0.2, 0.25) is 0 Å². The van der Waals surface area contributed by atoms with E-state index in [1.165, 1.54) is 4.88 Å². The van der Waals surface area contributed by atoms with Gasteiger partial charge in [0.15, 0.2) is 0 Å². The van der Waals surface area contributed by atoms with Gasteiger partial charge in [-0.25, -0.2) is 0 Å². The number of hydrogen-bond acceptors (Lipinski definition) is 5. The van der Waals surface area contributed by atoms with Crippen molar-refractivity contribution in [1.29, 1.82) is 0 Å². The first-order valence-electron chi connectivity index (χ1n) is 10.4. The number of ether oxygens (including phenoxy) is 2. The standard InChI is InChI=1S/C23H30N2O4S/c1-3-22(26)24(12-7-14-28-2)16-23(27)25-13-10-21-19(11-15-30-21)20(25)17-29-18-8-5-4-6-9-18/h4-6,8-9,11,15,20H,3,7,10,12-14,16-17H2,1-2H3. The molecule has 2 heterocycles. The molecule has 3 rings (SSSR count). The van der Waals surface area contributed by atoms with Crippen LogP contribution in [0, 0.1) is 0 Å². The molecule has 162 valence electrons. The van der Waals surface area contributed by atoms with E-state index in [0.717, 1.165) is 17.7 Å². The monoisotopic (exact) mass is 430 g/mol. The third-order valence-electron chi connectivity index (χ3n) is 5.32. The Hall–Kier alpha value is -2.38. The van der Waals surface area contributed by atoms with E-state index < -0.39 is 0 Å². The zero-order valence-corrected chi connectivity index (χ0v) is 18.5. The fourth-order valence-corrected chi connectivity index (χ4v) is 4.66. The molecule has 2 amide bonds. The molecule has 0 spiro atoms. The molecule has 1 aromatic carbocycles. The summed E-state index contributed by atoms with van der Waals surface area (Å²) in [7, 11) is 1.64. The van der Waals surface area contributed by atoms with Gasteiger partial charge in [-0.3, -0.25) is 9.59 Å². The van der Waals surface area contributed by atoms with Crippen molar-refractivity contribution in [2.24, 2.45) is 0 Å². The Morgan fingerprint density at radius 2 is 2.03 bits per heavy atom. The van der Waals surface area contributed by atoms with Crippen molar-refractivity contribution in [1.82, 2.24) is 9.80 Å². The summed E-state index contributed by atoms with van der Waals surface area (Å²) in [5, 5.41) is 2.08. The zero-order chi connectivity index (χ0) is 21.3. The van der Waals surface area contributed by atoms with E-state index in [1.54, 1.807) is 23.3 Å². The van der Waals surface area contributed by atoms with Gasteiger partial charge in [-0.1, -0.05) is 25.1 Å². The van der Waals surface area contributed by atoms with Gasteiger partial charge in [0.1, 0.15) is 12.4 Å². The Labute approximate surface area is 182 Å². The molecule has 1 aromatic heterocycles. The lowest BCUT2D eigenvalue weighted by atomic mass is 10.0. The molecule has 0 aliphatic carbocycles. The average molecular weight is 431 g/mol. The Bertz CT molecular complexity index is 824. The molecule has 0 radical (unpaired) electrons. The second-order valence-electron chi connectivity index (χ2n) is 7.29. The van der Waals surface area contributed by atoms with E-state index >= 15 is 0 Å². The number of para-hydroxylation sites is 1. The van der Waals surface area contributed by atoms with Gasteiger partial charge in [0.25, 0.3) is 0 Å². The molecule has 1 unspecified atom stereocenters. The first kappa shape index (κ1) is 22.3. The zero-order valence-electron chi connectivity index (χ0n) is 17.7. The molecular weight excluding hydrogens is 400 g/mol. The van der Waals surface area contributed by atoms with Crippen molar-refractivity contribution in [3.05, 3.63) is 52.2 Å². The van der Waals surface area contributed by atoms with E-state index in [-0.39, 0.29) is 24.4 Å². The van der Waals surface area contributed by atoms with Crippen LogP contribution in [-0.4, -0.2) is 61.6 Å². The average Bonchev–Trinajstić information content (AvgIpc) is 3.26. The van der Waals surface area contributed by atoms with Gasteiger partial charge in [0.2, 0.25) is 11.8 Å². The van der Waals surface area contributed by atoms with E-state index in [2.05, 4.69) is 11.4 Å². The molecule has 30 heavy (non-hydrogen) atoms. The van der Waals surface area contributed by atoms with Crippen molar-refractivity contribution in [3.8, 4) is 5.75 Å². The van der Waals surface area contributed by atoms with Crippen LogP contribution < -0.4 is 4.74 Å². The lowest BCUT2D eigenvalue weighted by Gasteiger charge is -2.37. The van der Waals surface area contributed by atoms with Crippen LogP contribution in [0.1, 0.15) is 36.2 Å². The molecule has 0 saturated carbocycles. The highest BCUT2D eigenvalue weighted by molar-refractivity contribution is 7.10. The molecule has 6 nitrogen and oxygen atoms in total. The first-order valence-corrected chi connectivity index (χ1v) is 11.3. The highest BCUT2D eigenvalue weighted by Crippen LogP contribution is 2.34. The minimum absolute atomic E-state index is 0.00947. The first-order chi connectivity index (χ1) is 14.6. The number of amides is 2. The fraction of sp³-hybridized carbons (Fsp3) is 0.478. The molecule has 0 N–H and O–H groups in total. The molecular formula is C23H30N2O4S. The minimum atomic E-state index is -0.148. The smallest absolute Gasteiger partial charge is 0.242 e. The van der Waals surface area contributed by atoms with Crippen LogP contribution in [-0.2, 0) is 20.7 Å². The largest absolute Gasteiger partial charge is 0.491 e. The summed E-state index contributed by atoms with van der Waals surface area (Å²) in [6.07, 6.45) is 1.94. The number of benzene rings is 1. The summed E-state index contributed by atoms with van der Waals surface area (Å²) < 4.78 is 11.1. The number of hydrogen-bond donors (Lipinski definition) is 0. The van der Waals surface area contributed by atoms with Crippen molar-refractivity contribution < 1.29 is 19.1 Å². The summed E-state index contributed by atoms with van der Waals surface area (Å²) >= 11 is 1.73. The van der Waals surface area contributed by atoms with Gasteiger partial charge in [-0.2, -0.15) is 0 Å². The van der Waals surface area contributed by atoms with Crippen molar-refractivity contribution in [2.45, 2.75) is 32.2 Å². The summed E-state index contributed by atoms with van der Waals surface area (Å²) in [5.41, 5.74) is 1.16. The highest BCUT2D eigenvalue weighted by Gasteiger charge is 2.33. The number of carbonyl (C=O) groups is 2. The molecule has 0 saturated heterocycles. The van der Waals surface area contributed by atoms with Gasteiger partial charge in [-0.15, -0.1) is 11.3 Å². The van der Waals surface area contributed by atoms with E-state index in [9.17, 15) is 9.59 Å². The summed E-state index contributed by atoms with van der Waals surface area (Å²) in [6, 6.07) is 11.6. The number of carbonyl (C=O) groups excluding carboxylic acids is 2. The van der Waals surface area contributed by atoms with Crippen molar-refractivity contribution in [3.63, 3.8) is 0 Å². The second kappa shape index (κ2) is 11.1.